The van der Waals surface area contributed by atoms with Crippen LogP contribution in [0.2, 0.25) is 5.02 Å². The van der Waals surface area contributed by atoms with E-state index < -0.39 is 25.0 Å². The van der Waals surface area contributed by atoms with Gasteiger partial charge in [0.25, 0.3) is 0 Å². The molecule has 1 aliphatic heterocycles. The first kappa shape index (κ1) is 15.1. The van der Waals surface area contributed by atoms with Crippen LogP contribution in [0.1, 0.15) is 11.2 Å². The van der Waals surface area contributed by atoms with Crippen LogP contribution in [0.15, 0.2) is 48.5 Å². The van der Waals surface area contributed by atoms with Crippen LogP contribution in [-0.4, -0.2) is 16.8 Å². The van der Waals surface area contributed by atoms with E-state index >= 15 is 0 Å². The topological polar surface area (TPSA) is 92.4 Å². The van der Waals surface area contributed by atoms with Gasteiger partial charge in [0.15, 0.2) is 0 Å². The standard InChI is InChI=1S/C15H14ClN2O3P/c16-9-6-7-12-11(8-9)14(13(18-12)15(17)19)22(20,21)10-4-2-1-3-5-10/h1-8,13-14,18H,(H2,17,19)(H,20,21). The summed E-state index contributed by atoms with van der Waals surface area (Å²) in [6, 6.07) is 12.2. The third-order valence-corrected chi connectivity index (χ3v) is 6.37. The lowest BCUT2D eigenvalue weighted by atomic mass is 10.1. The molecule has 0 spiro atoms. The second-order valence-electron chi connectivity index (χ2n) is 5.16. The smallest absolute Gasteiger partial charge is 0.241 e. The lowest BCUT2D eigenvalue weighted by Crippen LogP contribution is -2.37. The van der Waals surface area contributed by atoms with Gasteiger partial charge in [-0.2, -0.15) is 0 Å². The molecule has 1 amide bonds. The summed E-state index contributed by atoms with van der Waals surface area (Å²) >= 11 is 6.00. The van der Waals surface area contributed by atoms with E-state index in [0.29, 0.717) is 16.3 Å². The molecule has 0 bridgehead atoms. The largest absolute Gasteiger partial charge is 0.372 e. The summed E-state index contributed by atoms with van der Waals surface area (Å²) in [5.41, 5.74) is 5.59. The highest BCUT2D eigenvalue weighted by Gasteiger charge is 2.47. The zero-order valence-electron chi connectivity index (χ0n) is 11.4. The number of nitrogens with one attached hydrogen (secondary N) is 1. The van der Waals surface area contributed by atoms with Crippen LogP contribution >= 0.6 is 19.0 Å². The highest BCUT2D eigenvalue weighted by atomic mass is 35.5. The molecular formula is C15H14ClN2O3P. The monoisotopic (exact) mass is 336 g/mol. The van der Waals surface area contributed by atoms with E-state index in [0.717, 1.165) is 0 Å². The maximum atomic E-state index is 13.1. The number of amides is 1. The van der Waals surface area contributed by atoms with Gasteiger partial charge in [-0.25, -0.2) is 0 Å². The van der Waals surface area contributed by atoms with Crippen molar-refractivity contribution in [1.29, 1.82) is 0 Å². The quantitative estimate of drug-likeness (QED) is 0.750. The normalized spacial score (nSPS) is 22.5. The van der Waals surface area contributed by atoms with Crippen molar-refractivity contribution in [3.63, 3.8) is 0 Å². The number of carbonyl (C=O) groups is 1. The predicted octanol–water partition coefficient (Wildman–Crippen LogP) is 2.26. The summed E-state index contributed by atoms with van der Waals surface area (Å²) < 4.78 is 13.1. The van der Waals surface area contributed by atoms with E-state index in [2.05, 4.69) is 5.32 Å². The van der Waals surface area contributed by atoms with Crippen LogP contribution in [0, 0.1) is 0 Å². The molecule has 0 radical (unpaired) electrons. The first-order valence-corrected chi connectivity index (χ1v) is 8.75. The number of anilines is 1. The van der Waals surface area contributed by atoms with E-state index in [-0.39, 0.29) is 5.30 Å². The number of rotatable bonds is 3. The lowest BCUT2D eigenvalue weighted by Gasteiger charge is -2.23. The van der Waals surface area contributed by atoms with Crippen molar-refractivity contribution in [2.45, 2.75) is 11.7 Å². The van der Waals surface area contributed by atoms with E-state index in [4.69, 9.17) is 17.3 Å². The number of carbonyl (C=O) groups excluding carboxylic acids is 1. The molecule has 3 unspecified atom stereocenters. The number of benzene rings is 2. The van der Waals surface area contributed by atoms with Crippen LogP contribution < -0.4 is 16.4 Å². The van der Waals surface area contributed by atoms with Crippen molar-refractivity contribution in [3.05, 3.63) is 59.1 Å². The minimum Gasteiger partial charge on any atom is -0.372 e. The Bertz CT molecular complexity index is 782. The van der Waals surface area contributed by atoms with Gasteiger partial charge in [0.2, 0.25) is 13.3 Å². The molecule has 1 heterocycles. The Morgan fingerprint density at radius 1 is 1.23 bits per heavy atom. The van der Waals surface area contributed by atoms with Crippen LogP contribution in [-0.2, 0) is 9.36 Å². The number of halogens is 1. The van der Waals surface area contributed by atoms with Crippen LogP contribution in [0.3, 0.4) is 0 Å². The summed E-state index contributed by atoms with van der Waals surface area (Å²) in [6.45, 7) is 0. The summed E-state index contributed by atoms with van der Waals surface area (Å²) in [6.07, 6.45) is 0. The van der Waals surface area contributed by atoms with Crippen LogP contribution in [0.25, 0.3) is 0 Å². The minimum atomic E-state index is -3.88. The molecule has 3 rings (SSSR count). The molecule has 0 saturated carbocycles. The number of nitrogens with two attached hydrogens (primary N) is 1. The Kier molecular flexibility index (Phi) is 3.73. The second-order valence-corrected chi connectivity index (χ2v) is 7.91. The van der Waals surface area contributed by atoms with E-state index in [1.807, 2.05) is 0 Å². The number of primary amides is 1. The van der Waals surface area contributed by atoms with E-state index in [1.165, 1.54) is 0 Å². The van der Waals surface area contributed by atoms with Crippen molar-refractivity contribution in [2.24, 2.45) is 5.73 Å². The molecule has 0 aromatic heterocycles. The molecule has 2 aromatic rings. The zero-order valence-corrected chi connectivity index (χ0v) is 13.1. The van der Waals surface area contributed by atoms with Gasteiger partial charge in [0, 0.05) is 16.0 Å². The van der Waals surface area contributed by atoms with Crippen molar-refractivity contribution in [1.82, 2.24) is 0 Å². The lowest BCUT2D eigenvalue weighted by molar-refractivity contribution is -0.118. The van der Waals surface area contributed by atoms with Crippen molar-refractivity contribution in [3.8, 4) is 0 Å². The van der Waals surface area contributed by atoms with Gasteiger partial charge in [-0.15, -0.1) is 0 Å². The van der Waals surface area contributed by atoms with Gasteiger partial charge in [0.1, 0.15) is 6.04 Å². The van der Waals surface area contributed by atoms with E-state index in [1.54, 1.807) is 48.5 Å². The first-order valence-electron chi connectivity index (χ1n) is 6.64. The number of hydrogen-bond donors (Lipinski definition) is 3. The fraction of sp³-hybridized carbons (Fsp3) is 0.133. The minimum absolute atomic E-state index is 0.279. The molecule has 0 fully saturated rings. The van der Waals surface area contributed by atoms with Gasteiger partial charge in [-0.1, -0.05) is 29.8 Å². The van der Waals surface area contributed by atoms with Crippen molar-refractivity contribution in [2.75, 3.05) is 5.32 Å². The third kappa shape index (κ3) is 2.41. The van der Waals surface area contributed by atoms with Gasteiger partial charge in [-0.3, -0.25) is 9.36 Å². The third-order valence-electron chi connectivity index (χ3n) is 3.77. The average Bonchev–Trinajstić information content (AvgIpc) is 2.87. The zero-order chi connectivity index (χ0) is 15.9. The SMILES string of the molecule is NC(=O)C1Nc2ccc(Cl)cc2C1P(=O)(O)c1ccccc1. The molecule has 114 valence electrons. The van der Waals surface area contributed by atoms with Crippen molar-refractivity contribution < 1.29 is 14.3 Å². The molecule has 1 aliphatic rings. The molecule has 22 heavy (non-hydrogen) atoms. The first-order chi connectivity index (χ1) is 10.4. The van der Waals surface area contributed by atoms with Crippen LogP contribution in [0.4, 0.5) is 5.69 Å². The van der Waals surface area contributed by atoms with Gasteiger partial charge in [-0.05, 0) is 35.9 Å². The molecule has 2 aromatic carbocycles. The van der Waals surface area contributed by atoms with Gasteiger partial charge in [0.05, 0.1) is 5.66 Å². The highest BCUT2D eigenvalue weighted by molar-refractivity contribution is 7.66. The molecule has 7 heteroatoms. The molecule has 3 atom stereocenters. The fourth-order valence-corrected chi connectivity index (χ4v) is 5.07. The molecule has 5 nitrogen and oxygen atoms in total. The predicted molar refractivity (Wildman–Crippen MR) is 86.7 cm³/mol. The Morgan fingerprint density at radius 2 is 1.91 bits per heavy atom. The van der Waals surface area contributed by atoms with Gasteiger partial charge >= 0.3 is 0 Å². The second kappa shape index (κ2) is 5.43. The summed E-state index contributed by atoms with van der Waals surface area (Å²) in [5.74, 6) is -0.678. The number of fused-ring (bicyclic) bond motifs is 1. The molecule has 4 N–H and O–H groups in total. The van der Waals surface area contributed by atoms with Crippen molar-refractivity contribution >= 4 is 35.9 Å². The molecule has 0 aliphatic carbocycles. The maximum Gasteiger partial charge on any atom is 0.241 e. The Hall–Kier alpha value is -1.81. The average molecular weight is 337 g/mol. The Labute approximate surface area is 132 Å². The summed E-state index contributed by atoms with van der Waals surface area (Å²) in [7, 11) is -3.88. The highest BCUT2D eigenvalue weighted by Crippen LogP contribution is 2.60. The number of hydrogen-bond acceptors (Lipinski definition) is 3. The molecular weight excluding hydrogens is 323 g/mol. The summed E-state index contributed by atoms with van der Waals surface area (Å²) in [4.78, 5) is 22.4. The maximum absolute atomic E-state index is 13.1. The van der Waals surface area contributed by atoms with Crippen LogP contribution in [0.5, 0.6) is 0 Å². The summed E-state index contributed by atoms with van der Waals surface area (Å²) in [5, 5.41) is 3.63. The fourth-order valence-electron chi connectivity index (χ4n) is 2.76. The Morgan fingerprint density at radius 3 is 2.55 bits per heavy atom. The molecule has 0 saturated heterocycles. The van der Waals surface area contributed by atoms with Gasteiger partial charge < -0.3 is 15.9 Å². The Balaban J connectivity index is 2.16. The van der Waals surface area contributed by atoms with E-state index in [9.17, 15) is 14.3 Å².